The van der Waals surface area contributed by atoms with Gasteiger partial charge >= 0.3 is 5.97 Å². The minimum absolute atomic E-state index is 0.259. The van der Waals surface area contributed by atoms with Crippen molar-refractivity contribution in [3.8, 4) is 16.9 Å². The third-order valence-corrected chi connectivity index (χ3v) is 6.60. The Hall–Kier alpha value is -3.44. The van der Waals surface area contributed by atoms with Gasteiger partial charge in [-0.05, 0) is 52.9 Å². The van der Waals surface area contributed by atoms with Crippen LogP contribution in [0, 0.1) is 6.92 Å². The number of rotatable bonds is 5. The summed E-state index contributed by atoms with van der Waals surface area (Å²) in [5.74, 6) is -0.840. The molecule has 11 heteroatoms. The van der Waals surface area contributed by atoms with Gasteiger partial charge in [0.05, 0.1) is 16.4 Å². The number of aryl methyl sites for hydroxylation is 1. The van der Waals surface area contributed by atoms with E-state index in [9.17, 15) is 9.59 Å². The number of benzene rings is 1. The summed E-state index contributed by atoms with van der Waals surface area (Å²) in [4.78, 5) is 31.8. The molecule has 0 bridgehead atoms. The number of nitrogens with zero attached hydrogens (tertiary/aromatic N) is 6. The zero-order chi connectivity index (χ0) is 21.4. The molecule has 0 saturated heterocycles. The molecule has 1 aliphatic heterocycles. The van der Waals surface area contributed by atoms with Crippen molar-refractivity contribution in [1.82, 2.24) is 25.2 Å². The maximum atomic E-state index is 12.8. The van der Waals surface area contributed by atoms with Crippen LogP contribution in [0.15, 0.2) is 41.4 Å². The van der Waals surface area contributed by atoms with E-state index < -0.39 is 5.97 Å². The molecule has 0 N–H and O–H groups in total. The molecule has 156 valence electrons. The fourth-order valence-corrected chi connectivity index (χ4v) is 4.89. The van der Waals surface area contributed by atoms with Crippen LogP contribution in [0.1, 0.15) is 20.2 Å². The maximum absolute atomic E-state index is 12.8. The van der Waals surface area contributed by atoms with Crippen molar-refractivity contribution in [2.45, 2.75) is 13.3 Å². The van der Waals surface area contributed by atoms with Crippen LogP contribution in [0.2, 0.25) is 0 Å². The fourth-order valence-electron chi connectivity index (χ4n) is 3.49. The summed E-state index contributed by atoms with van der Waals surface area (Å²) < 4.78 is 6.68. The number of ether oxygens (including phenoxy) is 1. The van der Waals surface area contributed by atoms with Crippen molar-refractivity contribution in [2.75, 3.05) is 18.1 Å². The van der Waals surface area contributed by atoms with Gasteiger partial charge in [0.25, 0.3) is 5.91 Å². The Morgan fingerprint density at radius 1 is 1.19 bits per heavy atom. The molecule has 0 atom stereocenters. The Morgan fingerprint density at radius 3 is 2.87 bits per heavy atom. The molecule has 0 aliphatic carbocycles. The Bertz CT molecular complexity index is 1260. The predicted molar refractivity (Wildman–Crippen MR) is 116 cm³/mol. The Balaban J connectivity index is 1.27. The van der Waals surface area contributed by atoms with E-state index in [-0.39, 0.29) is 12.5 Å². The van der Waals surface area contributed by atoms with Gasteiger partial charge in [-0.1, -0.05) is 6.07 Å². The second kappa shape index (κ2) is 8.00. The van der Waals surface area contributed by atoms with Crippen LogP contribution in [0.3, 0.4) is 0 Å². The number of hydrogen-bond acceptors (Lipinski definition) is 9. The molecule has 1 aromatic carbocycles. The van der Waals surface area contributed by atoms with Gasteiger partial charge in [-0.3, -0.25) is 4.79 Å². The summed E-state index contributed by atoms with van der Waals surface area (Å²) in [7, 11) is 0. The van der Waals surface area contributed by atoms with Crippen LogP contribution < -0.4 is 4.90 Å². The van der Waals surface area contributed by atoms with Crippen LogP contribution in [0.25, 0.3) is 16.9 Å². The number of hydrogen-bond donors (Lipinski definition) is 0. The molecule has 0 saturated carbocycles. The standard InChI is InChI=1S/C20H16N6O3S2/c1-12-22-15(10-31-12)13-2-3-16-14(8-13)4-6-25(16)18(27)9-29-20(28)19-17(5-7-30-19)26-11-21-23-24-26/h2-3,5,7-8,10-11H,4,6,9H2,1H3. The van der Waals surface area contributed by atoms with E-state index in [0.29, 0.717) is 17.1 Å². The summed E-state index contributed by atoms with van der Waals surface area (Å²) in [5, 5.41) is 15.7. The van der Waals surface area contributed by atoms with Gasteiger partial charge in [-0.25, -0.2) is 9.78 Å². The van der Waals surface area contributed by atoms with Crippen LogP contribution in [0.4, 0.5) is 5.69 Å². The lowest BCUT2D eigenvalue weighted by molar-refractivity contribution is -0.121. The van der Waals surface area contributed by atoms with Crippen LogP contribution >= 0.6 is 22.7 Å². The molecule has 0 unspecified atom stereocenters. The molecule has 31 heavy (non-hydrogen) atoms. The lowest BCUT2D eigenvalue weighted by Gasteiger charge is -2.17. The molecule has 9 nitrogen and oxygen atoms in total. The van der Waals surface area contributed by atoms with Gasteiger partial charge in [0.1, 0.15) is 11.2 Å². The Labute approximate surface area is 184 Å². The SMILES string of the molecule is Cc1nc(-c2ccc3c(c2)CCN3C(=O)COC(=O)c2sccc2-n2cnnn2)cs1. The summed E-state index contributed by atoms with van der Waals surface area (Å²) in [6.07, 6.45) is 2.15. The van der Waals surface area contributed by atoms with Crippen molar-refractivity contribution in [1.29, 1.82) is 0 Å². The molecule has 3 aromatic heterocycles. The third kappa shape index (κ3) is 3.73. The number of carbonyl (C=O) groups excluding carboxylic acids is 2. The van der Waals surface area contributed by atoms with Gasteiger partial charge in [-0.2, -0.15) is 4.68 Å². The van der Waals surface area contributed by atoms with Crippen molar-refractivity contribution >= 4 is 40.2 Å². The minimum Gasteiger partial charge on any atom is -0.451 e. The Kier molecular flexibility index (Phi) is 5.04. The number of thiazole rings is 1. The van der Waals surface area contributed by atoms with Gasteiger partial charge in [-0.15, -0.1) is 27.8 Å². The molecule has 1 amide bonds. The number of aromatic nitrogens is 5. The van der Waals surface area contributed by atoms with Crippen molar-refractivity contribution in [3.63, 3.8) is 0 Å². The van der Waals surface area contributed by atoms with E-state index >= 15 is 0 Å². The topological polar surface area (TPSA) is 103 Å². The quantitative estimate of drug-likeness (QED) is 0.429. The zero-order valence-corrected chi connectivity index (χ0v) is 18.0. The summed E-state index contributed by atoms with van der Waals surface area (Å²) in [6, 6.07) is 7.70. The number of carbonyl (C=O) groups is 2. The summed E-state index contributed by atoms with van der Waals surface area (Å²) in [6.45, 7) is 2.20. The first-order chi connectivity index (χ1) is 15.1. The second-order valence-electron chi connectivity index (χ2n) is 6.86. The molecule has 0 fully saturated rings. The molecule has 4 heterocycles. The van der Waals surface area contributed by atoms with Gasteiger partial charge in [0.15, 0.2) is 6.61 Å². The van der Waals surface area contributed by atoms with Crippen molar-refractivity contribution in [2.24, 2.45) is 0 Å². The second-order valence-corrected chi connectivity index (χ2v) is 8.83. The van der Waals surface area contributed by atoms with E-state index in [2.05, 4.69) is 26.6 Å². The fraction of sp³-hybridized carbons (Fsp3) is 0.200. The van der Waals surface area contributed by atoms with E-state index in [1.54, 1.807) is 27.7 Å². The highest BCUT2D eigenvalue weighted by atomic mass is 32.1. The summed E-state index contributed by atoms with van der Waals surface area (Å²) >= 11 is 2.82. The van der Waals surface area contributed by atoms with Crippen LogP contribution in [-0.4, -0.2) is 50.2 Å². The highest BCUT2D eigenvalue weighted by Gasteiger charge is 2.27. The molecule has 5 rings (SSSR count). The molecule has 0 spiro atoms. The smallest absolute Gasteiger partial charge is 0.351 e. The Morgan fingerprint density at radius 2 is 2.10 bits per heavy atom. The van der Waals surface area contributed by atoms with Crippen molar-refractivity contribution < 1.29 is 14.3 Å². The molecule has 4 aromatic rings. The average molecular weight is 453 g/mol. The lowest BCUT2D eigenvalue weighted by Crippen LogP contribution is -2.33. The van der Waals surface area contributed by atoms with Crippen LogP contribution in [-0.2, 0) is 16.0 Å². The summed E-state index contributed by atoms with van der Waals surface area (Å²) in [5.41, 5.74) is 4.43. The van der Waals surface area contributed by atoms with E-state index in [0.717, 1.165) is 33.9 Å². The first-order valence-corrected chi connectivity index (χ1v) is 11.2. The van der Waals surface area contributed by atoms with Gasteiger partial charge in [0.2, 0.25) is 0 Å². The van der Waals surface area contributed by atoms with Gasteiger partial charge < -0.3 is 9.64 Å². The normalized spacial score (nSPS) is 12.7. The number of anilines is 1. The van der Waals surface area contributed by atoms with E-state index in [4.69, 9.17) is 4.74 Å². The third-order valence-electron chi connectivity index (χ3n) is 4.94. The monoisotopic (exact) mass is 452 g/mol. The molecular formula is C20H16N6O3S2. The first kappa shape index (κ1) is 19.5. The molecular weight excluding hydrogens is 436 g/mol. The molecule has 1 aliphatic rings. The number of amides is 1. The maximum Gasteiger partial charge on any atom is 0.351 e. The van der Waals surface area contributed by atoms with E-state index in [1.165, 1.54) is 22.3 Å². The predicted octanol–water partition coefficient (Wildman–Crippen LogP) is 2.90. The van der Waals surface area contributed by atoms with E-state index in [1.807, 2.05) is 24.4 Å². The lowest BCUT2D eigenvalue weighted by atomic mass is 10.1. The highest BCUT2D eigenvalue weighted by molar-refractivity contribution is 7.12. The molecule has 0 radical (unpaired) electrons. The highest BCUT2D eigenvalue weighted by Crippen LogP contribution is 2.33. The number of fused-ring (bicyclic) bond motifs is 1. The number of esters is 1. The first-order valence-electron chi connectivity index (χ1n) is 9.44. The number of thiophene rings is 1. The largest absolute Gasteiger partial charge is 0.451 e. The number of tetrazole rings is 1. The van der Waals surface area contributed by atoms with Crippen LogP contribution in [0.5, 0.6) is 0 Å². The zero-order valence-electron chi connectivity index (χ0n) is 16.4. The minimum atomic E-state index is -0.581. The van der Waals surface area contributed by atoms with Crippen molar-refractivity contribution in [3.05, 3.63) is 56.8 Å². The average Bonchev–Trinajstić information content (AvgIpc) is 3.57. The van der Waals surface area contributed by atoms with Gasteiger partial charge in [0, 0.05) is 23.2 Å².